The summed E-state index contributed by atoms with van der Waals surface area (Å²) in [5, 5.41) is 8.86. The third-order valence-electron chi connectivity index (χ3n) is 2.65. The molecular weight excluding hydrogens is 160 g/mol. The maximum absolute atomic E-state index is 8.86. The molecule has 0 bridgehead atoms. The maximum Gasteiger partial charge on any atom is 0.0697 e. The van der Waals surface area contributed by atoms with Crippen LogP contribution in [0.3, 0.4) is 0 Å². The van der Waals surface area contributed by atoms with Crippen LogP contribution in [0.2, 0.25) is 0 Å². The molecule has 1 heterocycles. The van der Waals surface area contributed by atoms with E-state index in [0.717, 1.165) is 12.5 Å². The van der Waals surface area contributed by atoms with E-state index in [9.17, 15) is 0 Å². The Bertz CT molecular complexity index is 197. The molecule has 0 saturated carbocycles. The van der Waals surface area contributed by atoms with E-state index in [1.54, 1.807) is 0 Å². The summed E-state index contributed by atoms with van der Waals surface area (Å²) in [5.41, 5.74) is -0.169. The average Bonchev–Trinajstić information content (AvgIpc) is 2.01. The normalized spacial score (nSPS) is 19.5. The van der Waals surface area contributed by atoms with Crippen LogP contribution in [0.5, 0.6) is 0 Å². The van der Waals surface area contributed by atoms with Crippen molar-refractivity contribution in [3.05, 3.63) is 0 Å². The molecule has 0 aromatic heterocycles. The largest absolute Gasteiger partial charge is 0.301 e. The smallest absolute Gasteiger partial charge is 0.0697 e. The molecule has 0 radical (unpaired) electrons. The summed E-state index contributed by atoms with van der Waals surface area (Å²) < 4.78 is 0. The zero-order valence-electron chi connectivity index (χ0n) is 9.01. The summed E-state index contributed by atoms with van der Waals surface area (Å²) in [6.07, 6.45) is 2.64. The number of hydrogen-bond donors (Lipinski definition) is 0. The molecule has 0 spiro atoms. The minimum atomic E-state index is -0.169. The quantitative estimate of drug-likeness (QED) is 0.663. The van der Waals surface area contributed by atoms with Gasteiger partial charge in [0.2, 0.25) is 0 Å². The molecular formula is C11H20N2. The molecule has 1 aliphatic rings. The number of rotatable bonds is 4. The third kappa shape index (κ3) is 3.00. The SMILES string of the molecule is CCCC1CN(CC(C)(C)C#N)C1. The van der Waals surface area contributed by atoms with E-state index in [2.05, 4.69) is 17.9 Å². The zero-order valence-corrected chi connectivity index (χ0v) is 9.01. The molecule has 0 amide bonds. The van der Waals surface area contributed by atoms with Crippen molar-refractivity contribution in [2.75, 3.05) is 19.6 Å². The van der Waals surface area contributed by atoms with Crippen molar-refractivity contribution in [1.29, 1.82) is 5.26 Å². The summed E-state index contributed by atoms with van der Waals surface area (Å²) in [5.74, 6) is 0.902. The van der Waals surface area contributed by atoms with E-state index >= 15 is 0 Å². The summed E-state index contributed by atoms with van der Waals surface area (Å²) in [4.78, 5) is 2.39. The van der Waals surface area contributed by atoms with Gasteiger partial charge in [0.1, 0.15) is 0 Å². The Labute approximate surface area is 81.5 Å². The summed E-state index contributed by atoms with van der Waals surface area (Å²) >= 11 is 0. The fraction of sp³-hybridized carbons (Fsp3) is 0.909. The Hall–Kier alpha value is -0.550. The Kier molecular flexibility index (Phi) is 3.33. The highest BCUT2D eigenvalue weighted by molar-refractivity contribution is 4.96. The lowest BCUT2D eigenvalue weighted by atomic mass is 9.89. The maximum atomic E-state index is 8.86. The molecule has 1 saturated heterocycles. The van der Waals surface area contributed by atoms with E-state index in [1.165, 1.54) is 25.9 Å². The molecule has 2 heteroatoms. The van der Waals surface area contributed by atoms with Crippen LogP contribution in [0.15, 0.2) is 0 Å². The number of nitriles is 1. The van der Waals surface area contributed by atoms with Crippen LogP contribution in [0, 0.1) is 22.7 Å². The second-order valence-corrected chi connectivity index (χ2v) is 4.84. The molecule has 2 nitrogen and oxygen atoms in total. The van der Waals surface area contributed by atoms with Gasteiger partial charge in [-0.1, -0.05) is 13.3 Å². The van der Waals surface area contributed by atoms with E-state index < -0.39 is 0 Å². The highest BCUT2D eigenvalue weighted by atomic mass is 15.2. The van der Waals surface area contributed by atoms with Crippen LogP contribution in [0.1, 0.15) is 33.6 Å². The second-order valence-electron chi connectivity index (χ2n) is 4.84. The van der Waals surface area contributed by atoms with E-state index in [4.69, 9.17) is 5.26 Å². The van der Waals surface area contributed by atoms with Crippen LogP contribution in [-0.2, 0) is 0 Å². The molecule has 0 aliphatic carbocycles. The van der Waals surface area contributed by atoms with Gasteiger partial charge in [0, 0.05) is 19.6 Å². The number of hydrogen-bond acceptors (Lipinski definition) is 2. The Balaban J connectivity index is 2.19. The van der Waals surface area contributed by atoms with Gasteiger partial charge in [0.05, 0.1) is 11.5 Å². The van der Waals surface area contributed by atoms with Gasteiger partial charge in [-0.25, -0.2) is 0 Å². The molecule has 0 N–H and O–H groups in total. The Morgan fingerprint density at radius 1 is 1.46 bits per heavy atom. The van der Waals surface area contributed by atoms with Gasteiger partial charge in [-0.05, 0) is 26.2 Å². The second kappa shape index (κ2) is 4.11. The van der Waals surface area contributed by atoms with Crippen molar-refractivity contribution in [3.8, 4) is 6.07 Å². The van der Waals surface area contributed by atoms with Crippen molar-refractivity contribution in [2.45, 2.75) is 33.6 Å². The molecule has 0 unspecified atom stereocenters. The molecule has 0 aromatic carbocycles. The van der Waals surface area contributed by atoms with Gasteiger partial charge < -0.3 is 4.90 Å². The van der Waals surface area contributed by atoms with Crippen LogP contribution in [0.25, 0.3) is 0 Å². The van der Waals surface area contributed by atoms with Crippen molar-refractivity contribution in [3.63, 3.8) is 0 Å². The standard InChI is InChI=1S/C11H20N2/c1-4-5-10-6-13(7-10)9-11(2,3)8-12/h10H,4-7,9H2,1-3H3. The Morgan fingerprint density at radius 2 is 2.08 bits per heavy atom. The minimum Gasteiger partial charge on any atom is -0.301 e. The highest BCUT2D eigenvalue weighted by Crippen LogP contribution is 2.25. The van der Waals surface area contributed by atoms with Gasteiger partial charge in [-0.3, -0.25) is 0 Å². The monoisotopic (exact) mass is 180 g/mol. The lowest BCUT2D eigenvalue weighted by molar-refractivity contribution is 0.0681. The van der Waals surface area contributed by atoms with Crippen molar-refractivity contribution < 1.29 is 0 Å². The predicted octanol–water partition coefficient (Wildman–Crippen LogP) is 2.27. The summed E-state index contributed by atoms with van der Waals surface area (Å²) in [6, 6.07) is 2.35. The van der Waals surface area contributed by atoms with Crippen molar-refractivity contribution in [2.24, 2.45) is 11.3 Å². The van der Waals surface area contributed by atoms with Crippen LogP contribution in [0.4, 0.5) is 0 Å². The third-order valence-corrected chi connectivity index (χ3v) is 2.65. The van der Waals surface area contributed by atoms with Gasteiger partial charge in [-0.15, -0.1) is 0 Å². The molecule has 0 aromatic rings. The van der Waals surface area contributed by atoms with Gasteiger partial charge in [0.25, 0.3) is 0 Å². The topological polar surface area (TPSA) is 27.0 Å². The first-order valence-electron chi connectivity index (χ1n) is 5.21. The first-order chi connectivity index (χ1) is 6.07. The molecule has 1 aliphatic heterocycles. The van der Waals surface area contributed by atoms with E-state index in [0.29, 0.717) is 0 Å². The number of nitrogens with zero attached hydrogens (tertiary/aromatic N) is 2. The van der Waals surface area contributed by atoms with Crippen molar-refractivity contribution >= 4 is 0 Å². The molecule has 13 heavy (non-hydrogen) atoms. The molecule has 1 fully saturated rings. The van der Waals surface area contributed by atoms with Gasteiger partial charge >= 0.3 is 0 Å². The predicted molar refractivity (Wildman–Crippen MR) is 54.2 cm³/mol. The Morgan fingerprint density at radius 3 is 2.54 bits per heavy atom. The lowest BCUT2D eigenvalue weighted by Crippen LogP contribution is -2.49. The van der Waals surface area contributed by atoms with Crippen LogP contribution < -0.4 is 0 Å². The molecule has 74 valence electrons. The highest BCUT2D eigenvalue weighted by Gasteiger charge is 2.30. The fourth-order valence-electron chi connectivity index (χ4n) is 1.99. The summed E-state index contributed by atoms with van der Waals surface area (Å²) in [6.45, 7) is 9.61. The fourth-order valence-corrected chi connectivity index (χ4v) is 1.99. The lowest BCUT2D eigenvalue weighted by Gasteiger charge is -2.41. The molecule has 0 atom stereocenters. The summed E-state index contributed by atoms with van der Waals surface area (Å²) in [7, 11) is 0. The van der Waals surface area contributed by atoms with Gasteiger partial charge in [-0.2, -0.15) is 5.26 Å². The van der Waals surface area contributed by atoms with Crippen molar-refractivity contribution in [1.82, 2.24) is 4.90 Å². The molecule has 1 rings (SSSR count). The van der Waals surface area contributed by atoms with E-state index in [-0.39, 0.29) is 5.41 Å². The van der Waals surface area contributed by atoms with E-state index in [1.807, 2.05) is 13.8 Å². The van der Waals surface area contributed by atoms with Gasteiger partial charge in [0.15, 0.2) is 0 Å². The number of likely N-dealkylation sites (tertiary alicyclic amines) is 1. The average molecular weight is 180 g/mol. The van der Waals surface area contributed by atoms with Crippen LogP contribution in [-0.4, -0.2) is 24.5 Å². The first-order valence-corrected chi connectivity index (χ1v) is 5.21. The zero-order chi connectivity index (χ0) is 9.90. The van der Waals surface area contributed by atoms with Crippen LogP contribution >= 0.6 is 0 Å². The first kappa shape index (κ1) is 10.5. The minimum absolute atomic E-state index is 0.169.